The average molecular weight is 383 g/mol. The Morgan fingerprint density at radius 2 is 2.30 bits per heavy atom. The molecule has 138 valence electrons. The van der Waals surface area contributed by atoms with Crippen LogP contribution in [-0.2, 0) is 11.2 Å². The molecular formula is C19H17N3O4S. The molecule has 2 aliphatic rings. The van der Waals surface area contributed by atoms with E-state index in [4.69, 9.17) is 10.5 Å². The number of fused-ring (bicyclic) bond motifs is 3. The number of carbonyl (C=O) groups excluding carboxylic acids is 2. The monoisotopic (exact) mass is 383 g/mol. The molecule has 4 rings (SSSR count). The number of primary amides is 1. The fraction of sp³-hybridized carbons (Fsp3) is 0.316. The molecule has 0 spiro atoms. The van der Waals surface area contributed by atoms with Gasteiger partial charge in [-0.25, -0.2) is 4.98 Å². The number of thiazole rings is 1. The van der Waals surface area contributed by atoms with Gasteiger partial charge in [0.25, 0.3) is 11.8 Å². The van der Waals surface area contributed by atoms with Crippen molar-refractivity contribution < 1.29 is 19.4 Å². The maximum Gasteiger partial charge on any atom is 0.277 e. The molecule has 0 radical (unpaired) electrons. The molecule has 1 saturated heterocycles. The first-order valence-electron chi connectivity index (χ1n) is 8.45. The summed E-state index contributed by atoms with van der Waals surface area (Å²) >= 11 is 1.27. The van der Waals surface area contributed by atoms with Crippen molar-refractivity contribution in [3.63, 3.8) is 0 Å². The van der Waals surface area contributed by atoms with Crippen molar-refractivity contribution in [3.8, 4) is 28.8 Å². The summed E-state index contributed by atoms with van der Waals surface area (Å²) in [5.74, 6) is 5.30. The Hall–Kier alpha value is -2.89. The molecule has 1 atom stereocenters. The first kappa shape index (κ1) is 17.5. The van der Waals surface area contributed by atoms with Crippen molar-refractivity contribution >= 4 is 23.2 Å². The summed E-state index contributed by atoms with van der Waals surface area (Å²) in [4.78, 5) is 30.3. The Labute approximate surface area is 159 Å². The van der Waals surface area contributed by atoms with E-state index in [0.29, 0.717) is 36.6 Å². The highest BCUT2D eigenvalue weighted by molar-refractivity contribution is 7.14. The van der Waals surface area contributed by atoms with Crippen LogP contribution in [0.5, 0.6) is 5.75 Å². The minimum Gasteiger partial charge on any atom is -0.493 e. The molecule has 0 bridgehead atoms. The second-order valence-electron chi connectivity index (χ2n) is 6.55. The van der Waals surface area contributed by atoms with Gasteiger partial charge in [0.05, 0.1) is 12.3 Å². The fourth-order valence-corrected chi connectivity index (χ4v) is 4.06. The number of likely N-dealkylation sites (N-methyl/N-ethyl adjacent to an activating group) is 1. The van der Waals surface area contributed by atoms with E-state index in [1.165, 1.54) is 16.2 Å². The third-order valence-electron chi connectivity index (χ3n) is 4.65. The van der Waals surface area contributed by atoms with Crippen LogP contribution in [0.15, 0.2) is 18.2 Å². The number of nitrogens with two attached hydrogens (primary N) is 1. The largest absolute Gasteiger partial charge is 0.493 e. The van der Waals surface area contributed by atoms with E-state index in [0.717, 1.165) is 10.4 Å². The van der Waals surface area contributed by atoms with Crippen LogP contribution in [0.3, 0.4) is 0 Å². The van der Waals surface area contributed by atoms with Gasteiger partial charge in [-0.15, -0.1) is 11.3 Å². The van der Waals surface area contributed by atoms with Crippen molar-refractivity contribution in [2.24, 2.45) is 5.73 Å². The predicted octanol–water partition coefficient (Wildman–Crippen LogP) is 0.789. The van der Waals surface area contributed by atoms with Gasteiger partial charge >= 0.3 is 0 Å². The Morgan fingerprint density at radius 1 is 1.48 bits per heavy atom. The number of likely N-dealkylation sites (tertiary alicyclic amines) is 1. The minimum atomic E-state index is -1.65. The summed E-state index contributed by atoms with van der Waals surface area (Å²) in [6.07, 6.45) is 0.915. The lowest BCUT2D eigenvalue weighted by Crippen LogP contribution is -2.37. The molecule has 2 aromatic rings. The Morgan fingerprint density at radius 3 is 3.00 bits per heavy atom. The van der Waals surface area contributed by atoms with Crippen LogP contribution in [0.25, 0.3) is 11.3 Å². The van der Waals surface area contributed by atoms with Crippen LogP contribution in [0, 0.1) is 11.8 Å². The molecule has 27 heavy (non-hydrogen) atoms. The summed E-state index contributed by atoms with van der Waals surface area (Å²) in [5, 5.41) is 10.7. The summed E-state index contributed by atoms with van der Waals surface area (Å²) in [6.45, 7) is 0.951. The highest BCUT2D eigenvalue weighted by Gasteiger charge is 2.42. The summed E-state index contributed by atoms with van der Waals surface area (Å²) in [6, 6.07) is 5.35. The summed E-state index contributed by atoms with van der Waals surface area (Å²) in [5.41, 5.74) is 5.72. The second kappa shape index (κ2) is 6.37. The number of aliphatic hydroxyl groups is 1. The maximum absolute atomic E-state index is 12.1. The van der Waals surface area contributed by atoms with E-state index >= 15 is 0 Å². The van der Waals surface area contributed by atoms with Crippen molar-refractivity contribution in [1.82, 2.24) is 9.88 Å². The standard InChI is InChI=1S/C19H17N3O4S/c1-22-8-7-19(25,18(22)24)6-4-11-2-3-13-12(10-11)15-14(5-9-26-13)27-17(21-15)16(20)23/h2-3,10,25H,5,7-9H2,1H3,(H2,20,23)/t19-/m1/s1. The quantitative estimate of drug-likeness (QED) is 0.708. The summed E-state index contributed by atoms with van der Waals surface area (Å²) < 4.78 is 5.77. The van der Waals surface area contributed by atoms with Gasteiger partial charge in [0.1, 0.15) is 5.75 Å². The van der Waals surface area contributed by atoms with E-state index in [1.807, 2.05) is 0 Å². The van der Waals surface area contributed by atoms with Crippen molar-refractivity contribution in [2.75, 3.05) is 20.2 Å². The van der Waals surface area contributed by atoms with Gasteiger partial charge in [-0.3, -0.25) is 9.59 Å². The second-order valence-corrected chi connectivity index (χ2v) is 7.64. The van der Waals surface area contributed by atoms with E-state index in [2.05, 4.69) is 16.8 Å². The number of rotatable bonds is 1. The van der Waals surface area contributed by atoms with Gasteiger partial charge in [0, 0.05) is 42.4 Å². The molecule has 2 amide bonds. The lowest BCUT2D eigenvalue weighted by atomic mass is 10.0. The predicted molar refractivity (Wildman–Crippen MR) is 99.3 cm³/mol. The van der Waals surface area contributed by atoms with Gasteiger partial charge in [0.2, 0.25) is 5.60 Å². The lowest BCUT2D eigenvalue weighted by molar-refractivity contribution is -0.137. The third-order valence-corrected chi connectivity index (χ3v) is 5.78. The minimum absolute atomic E-state index is 0.262. The van der Waals surface area contributed by atoms with Gasteiger partial charge < -0.3 is 20.5 Å². The number of benzene rings is 1. The molecule has 1 aromatic carbocycles. The number of hydrogen-bond acceptors (Lipinski definition) is 6. The lowest BCUT2D eigenvalue weighted by Gasteiger charge is -2.13. The molecule has 7 nitrogen and oxygen atoms in total. The van der Waals surface area contributed by atoms with E-state index in [-0.39, 0.29) is 17.3 Å². The molecular weight excluding hydrogens is 366 g/mol. The summed E-state index contributed by atoms with van der Waals surface area (Å²) in [7, 11) is 1.64. The third kappa shape index (κ3) is 3.05. The average Bonchev–Trinajstić information content (AvgIpc) is 3.13. The van der Waals surface area contributed by atoms with Crippen LogP contribution < -0.4 is 10.5 Å². The first-order valence-corrected chi connectivity index (χ1v) is 9.27. The van der Waals surface area contributed by atoms with Gasteiger partial charge in [-0.05, 0) is 18.2 Å². The van der Waals surface area contributed by atoms with Crippen LogP contribution in [-0.4, -0.2) is 52.6 Å². The SMILES string of the molecule is CN1CC[C@](O)(C#Cc2ccc3c(c2)-c2nc(C(N)=O)sc2CCO3)C1=O. The molecule has 1 aromatic heterocycles. The zero-order valence-electron chi connectivity index (χ0n) is 14.6. The molecule has 0 unspecified atom stereocenters. The zero-order valence-corrected chi connectivity index (χ0v) is 15.4. The van der Waals surface area contributed by atoms with E-state index < -0.39 is 11.5 Å². The van der Waals surface area contributed by atoms with Crippen LogP contribution in [0.2, 0.25) is 0 Å². The number of aromatic nitrogens is 1. The van der Waals surface area contributed by atoms with Crippen LogP contribution >= 0.6 is 11.3 Å². The number of ether oxygens (including phenoxy) is 1. The topological polar surface area (TPSA) is 106 Å². The number of carbonyl (C=O) groups is 2. The fourth-order valence-electron chi connectivity index (χ4n) is 3.15. The molecule has 2 aliphatic heterocycles. The molecule has 3 N–H and O–H groups in total. The van der Waals surface area contributed by atoms with E-state index in [9.17, 15) is 14.7 Å². The highest BCUT2D eigenvalue weighted by atomic mass is 32.1. The molecule has 8 heteroatoms. The Kier molecular flexibility index (Phi) is 4.13. The normalized spacial score (nSPS) is 20.8. The smallest absolute Gasteiger partial charge is 0.277 e. The molecule has 1 fully saturated rings. The molecule has 0 saturated carbocycles. The van der Waals surface area contributed by atoms with Crippen molar-refractivity contribution in [3.05, 3.63) is 33.6 Å². The number of hydrogen-bond donors (Lipinski definition) is 2. The van der Waals surface area contributed by atoms with Gasteiger partial charge in [-0.1, -0.05) is 11.8 Å². The van der Waals surface area contributed by atoms with Crippen molar-refractivity contribution in [1.29, 1.82) is 0 Å². The molecule has 0 aliphatic carbocycles. The van der Waals surface area contributed by atoms with Gasteiger partial charge in [0.15, 0.2) is 5.01 Å². The number of amides is 2. The van der Waals surface area contributed by atoms with Crippen molar-refractivity contribution in [2.45, 2.75) is 18.4 Å². The van der Waals surface area contributed by atoms with Crippen LogP contribution in [0.1, 0.15) is 26.7 Å². The maximum atomic E-state index is 12.1. The van der Waals surface area contributed by atoms with Gasteiger partial charge in [-0.2, -0.15) is 0 Å². The first-order chi connectivity index (χ1) is 12.9. The Bertz CT molecular complexity index is 1020. The molecule has 3 heterocycles. The number of nitrogens with zero attached hydrogens (tertiary/aromatic N) is 2. The highest BCUT2D eigenvalue weighted by Crippen LogP contribution is 2.38. The van der Waals surface area contributed by atoms with Crippen LogP contribution in [0.4, 0.5) is 0 Å². The Balaban J connectivity index is 1.74. The zero-order chi connectivity index (χ0) is 19.2. The van der Waals surface area contributed by atoms with E-state index in [1.54, 1.807) is 25.2 Å².